The molecule has 1 aromatic rings. The number of aromatic nitrogens is 2. The zero-order valence-electron chi connectivity index (χ0n) is 15.1. The SMILES string of the molecule is COCCn1cc2c(n1)C(CNS(=O)(=O)C1CC1)OCC2.O=C(O)C(F)(F)F. The molecule has 2 aliphatic rings. The Morgan fingerprint density at radius 2 is 2.11 bits per heavy atom. The van der Waals surface area contributed by atoms with Crippen LogP contribution >= 0.6 is 0 Å². The number of fused-ring (bicyclic) bond motifs is 1. The molecule has 1 aliphatic heterocycles. The number of methoxy groups -OCH3 is 1. The lowest BCUT2D eigenvalue weighted by atomic mass is 10.1. The largest absolute Gasteiger partial charge is 0.490 e. The van der Waals surface area contributed by atoms with Crippen molar-refractivity contribution in [1.82, 2.24) is 14.5 Å². The molecule has 0 radical (unpaired) electrons. The number of aliphatic carboxylic acids is 1. The number of nitrogens with zero attached hydrogens (tertiary/aromatic N) is 2. The molecule has 0 amide bonds. The quantitative estimate of drug-likeness (QED) is 0.660. The molecule has 1 fully saturated rings. The van der Waals surface area contributed by atoms with Crippen LogP contribution in [0.2, 0.25) is 0 Å². The molecule has 0 bridgehead atoms. The summed E-state index contributed by atoms with van der Waals surface area (Å²) in [5.41, 5.74) is 1.98. The van der Waals surface area contributed by atoms with E-state index in [9.17, 15) is 21.6 Å². The van der Waals surface area contributed by atoms with E-state index in [1.54, 1.807) is 7.11 Å². The molecule has 28 heavy (non-hydrogen) atoms. The first-order valence-corrected chi connectivity index (χ1v) is 10.0. The van der Waals surface area contributed by atoms with E-state index in [0.717, 1.165) is 30.5 Å². The van der Waals surface area contributed by atoms with Crippen LogP contribution in [0.4, 0.5) is 13.2 Å². The summed E-state index contributed by atoms with van der Waals surface area (Å²) in [7, 11) is -1.53. The van der Waals surface area contributed by atoms with Gasteiger partial charge in [-0.25, -0.2) is 17.9 Å². The van der Waals surface area contributed by atoms with Crippen LogP contribution in [0.15, 0.2) is 6.20 Å². The highest BCUT2D eigenvalue weighted by Gasteiger charge is 2.38. The van der Waals surface area contributed by atoms with Crippen molar-refractivity contribution in [2.75, 3.05) is 26.9 Å². The van der Waals surface area contributed by atoms with Crippen molar-refractivity contribution in [2.24, 2.45) is 0 Å². The number of halogens is 3. The topological polar surface area (TPSA) is 120 Å². The number of rotatable bonds is 7. The van der Waals surface area contributed by atoms with Crippen molar-refractivity contribution in [3.8, 4) is 0 Å². The van der Waals surface area contributed by atoms with Crippen LogP contribution in [0, 0.1) is 0 Å². The van der Waals surface area contributed by atoms with E-state index in [4.69, 9.17) is 19.4 Å². The normalized spacial score (nSPS) is 19.5. The summed E-state index contributed by atoms with van der Waals surface area (Å²) in [6, 6.07) is 0. The summed E-state index contributed by atoms with van der Waals surface area (Å²) in [6.07, 6.45) is -1.05. The molecule has 160 valence electrons. The summed E-state index contributed by atoms with van der Waals surface area (Å²) in [5.74, 6) is -2.76. The summed E-state index contributed by atoms with van der Waals surface area (Å²) in [4.78, 5) is 8.90. The molecule has 0 spiro atoms. The summed E-state index contributed by atoms with van der Waals surface area (Å²) < 4.78 is 70.7. The van der Waals surface area contributed by atoms with Gasteiger partial charge in [0, 0.05) is 19.9 Å². The standard InChI is InChI=1S/C13H21N3O4S.C2HF3O2/c1-19-7-5-16-9-10-4-6-20-12(13(10)15-16)8-14-21(17,18)11-2-3-11;3-2(4,5)1(6)7/h9,11-12,14H,2-8H2,1H3;(H,6,7). The monoisotopic (exact) mass is 429 g/mol. The highest BCUT2D eigenvalue weighted by Crippen LogP contribution is 2.29. The van der Waals surface area contributed by atoms with Gasteiger partial charge in [-0.15, -0.1) is 0 Å². The van der Waals surface area contributed by atoms with Crippen LogP contribution in [0.3, 0.4) is 0 Å². The van der Waals surface area contributed by atoms with Crippen molar-refractivity contribution in [3.05, 3.63) is 17.5 Å². The number of ether oxygens (including phenoxy) is 2. The van der Waals surface area contributed by atoms with Crippen LogP contribution in [-0.2, 0) is 37.3 Å². The van der Waals surface area contributed by atoms with Gasteiger partial charge in [-0.3, -0.25) is 4.68 Å². The average Bonchev–Trinajstić information content (AvgIpc) is 3.39. The van der Waals surface area contributed by atoms with Crippen molar-refractivity contribution in [2.45, 2.75) is 43.3 Å². The van der Waals surface area contributed by atoms with E-state index in [1.807, 2.05) is 10.9 Å². The number of carboxylic acids is 1. The first-order chi connectivity index (χ1) is 13.0. The van der Waals surface area contributed by atoms with Gasteiger partial charge in [-0.1, -0.05) is 0 Å². The Kier molecular flexibility index (Phi) is 7.42. The Hall–Kier alpha value is -1.70. The second-order valence-corrected chi connectivity index (χ2v) is 8.35. The highest BCUT2D eigenvalue weighted by atomic mass is 32.2. The molecule has 0 aromatic carbocycles. The van der Waals surface area contributed by atoms with E-state index >= 15 is 0 Å². The molecule has 1 unspecified atom stereocenters. The van der Waals surface area contributed by atoms with Gasteiger partial charge in [0.15, 0.2) is 0 Å². The van der Waals surface area contributed by atoms with Crippen molar-refractivity contribution < 1.29 is 41.0 Å². The molecule has 1 aromatic heterocycles. The second-order valence-electron chi connectivity index (χ2n) is 6.30. The molecule has 2 N–H and O–H groups in total. The second kappa shape index (κ2) is 9.20. The molecular formula is C15H22F3N3O6S. The third-order valence-electron chi connectivity index (χ3n) is 4.07. The zero-order valence-corrected chi connectivity index (χ0v) is 15.9. The van der Waals surface area contributed by atoms with Crippen LogP contribution in [0.5, 0.6) is 0 Å². The number of carbonyl (C=O) groups is 1. The predicted octanol–water partition coefficient (Wildman–Crippen LogP) is 0.858. The lowest BCUT2D eigenvalue weighted by Crippen LogP contribution is -2.33. The number of hydrogen-bond donors (Lipinski definition) is 2. The zero-order chi connectivity index (χ0) is 20.9. The number of sulfonamides is 1. The Balaban J connectivity index is 0.000000345. The molecule has 1 saturated carbocycles. The molecule has 9 nitrogen and oxygen atoms in total. The maximum absolute atomic E-state index is 11.9. The Bertz CT molecular complexity index is 776. The Morgan fingerprint density at radius 1 is 1.46 bits per heavy atom. The lowest BCUT2D eigenvalue weighted by molar-refractivity contribution is -0.192. The van der Waals surface area contributed by atoms with Gasteiger partial charge in [0.2, 0.25) is 10.0 Å². The Labute approximate surface area is 159 Å². The van der Waals surface area contributed by atoms with Gasteiger partial charge in [0.1, 0.15) is 6.10 Å². The maximum Gasteiger partial charge on any atom is 0.490 e. The molecule has 2 heterocycles. The van der Waals surface area contributed by atoms with Crippen molar-refractivity contribution >= 4 is 16.0 Å². The minimum Gasteiger partial charge on any atom is -0.475 e. The predicted molar refractivity (Wildman–Crippen MR) is 90.1 cm³/mol. The summed E-state index contributed by atoms with van der Waals surface area (Å²) in [5, 5.41) is 11.4. The van der Waals surface area contributed by atoms with Crippen LogP contribution < -0.4 is 4.72 Å². The van der Waals surface area contributed by atoms with Gasteiger partial charge in [0.05, 0.1) is 30.7 Å². The van der Waals surface area contributed by atoms with Crippen LogP contribution in [-0.4, -0.2) is 67.6 Å². The first-order valence-electron chi connectivity index (χ1n) is 8.50. The molecular weight excluding hydrogens is 407 g/mol. The van der Waals surface area contributed by atoms with Crippen molar-refractivity contribution in [1.29, 1.82) is 0 Å². The van der Waals surface area contributed by atoms with E-state index in [1.165, 1.54) is 0 Å². The van der Waals surface area contributed by atoms with Crippen LogP contribution in [0.25, 0.3) is 0 Å². The van der Waals surface area contributed by atoms with Gasteiger partial charge in [-0.05, 0) is 24.8 Å². The first kappa shape index (κ1) is 22.6. The van der Waals surface area contributed by atoms with Gasteiger partial charge < -0.3 is 14.6 Å². The molecule has 0 saturated heterocycles. The number of alkyl halides is 3. The maximum atomic E-state index is 11.9. The third kappa shape index (κ3) is 6.43. The summed E-state index contributed by atoms with van der Waals surface area (Å²) >= 11 is 0. The average molecular weight is 429 g/mol. The van der Waals surface area contributed by atoms with Gasteiger partial charge in [0.25, 0.3) is 0 Å². The molecule has 13 heteroatoms. The van der Waals surface area contributed by atoms with Gasteiger partial charge >= 0.3 is 12.1 Å². The number of hydrogen-bond acceptors (Lipinski definition) is 6. The minimum atomic E-state index is -5.08. The molecule has 3 rings (SSSR count). The van der Waals surface area contributed by atoms with E-state index in [-0.39, 0.29) is 17.9 Å². The number of carboxylic acid groups (broad SMARTS) is 1. The van der Waals surface area contributed by atoms with E-state index < -0.39 is 22.2 Å². The lowest BCUT2D eigenvalue weighted by Gasteiger charge is -2.22. The van der Waals surface area contributed by atoms with Crippen LogP contribution in [0.1, 0.15) is 30.2 Å². The third-order valence-corrected chi connectivity index (χ3v) is 5.98. The highest BCUT2D eigenvalue weighted by molar-refractivity contribution is 7.90. The minimum absolute atomic E-state index is 0.208. The molecule has 1 aliphatic carbocycles. The fourth-order valence-corrected chi connectivity index (χ4v) is 3.85. The number of nitrogens with one attached hydrogen (secondary N) is 1. The van der Waals surface area contributed by atoms with Crippen molar-refractivity contribution in [3.63, 3.8) is 0 Å². The van der Waals surface area contributed by atoms with Gasteiger partial charge in [-0.2, -0.15) is 18.3 Å². The van der Waals surface area contributed by atoms with E-state index in [2.05, 4.69) is 9.82 Å². The smallest absolute Gasteiger partial charge is 0.475 e. The Morgan fingerprint density at radius 3 is 2.64 bits per heavy atom. The summed E-state index contributed by atoms with van der Waals surface area (Å²) in [6.45, 7) is 2.14. The molecule has 1 atom stereocenters. The fourth-order valence-electron chi connectivity index (χ4n) is 2.47. The van der Waals surface area contributed by atoms with E-state index in [0.29, 0.717) is 19.8 Å². The fraction of sp³-hybridized carbons (Fsp3) is 0.733.